The van der Waals surface area contributed by atoms with E-state index in [0.29, 0.717) is 21.7 Å². The molecule has 2 aromatic rings. The van der Waals surface area contributed by atoms with Crippen molar-refractivity contribution in [1.29, 1.82) is 0 Å². The Morgan fingerprint density at radius 2 is 1.96 bits per heavy atom. The molecular weight excluding hydrogens is 401 g/mol. The van der Waals surface area contributed by atoms with Crippen molar-refractivity contribution in [3.63, 3.8) is 0 Å². The van der Waals surface area contributed by atoms with Crippen LogP contribution < -0.4 is 15.4 Å². The van der Waals surface area contributed by atoms with Crippen molar-refractivity contribution in [3.05, 3.63) is 24.3 Å². The molecule has 1 aromatic carbocycles. The van der Waals surface area contributed by atoms with Crippen molar-refractivity contribution in [3.8, 4) is 5.75 Å². The number of thioether (sulfide) groups is 1. The van der Waals surface area contributed by atoms with Gasteiger partial charge >= 0.3 is 6.36 Å². The Hall–Kier alpha value is -2.01. The number of anilines is 2. The van der Waals surface area contributed by atoms with Crippen LogP contribution in [0.5, 0.6) is 5.75 Å². The number of nitrogens with zero attached hydrogens (tertiary/aromatic N) is 2. The number of carbonyl (C=O) groups is 1. The Kier molecular flexibility index (Phi) is 8.17. The van der Waals surface area contributed by atoms with E-state index in [-0.39, 0.29) is 17.4 Å². The first kappa shape index (κ1) is 21.3. The number of halogens is 3. The number of hydrogen-bond donors (Lipinski definition) is 2. The van der Waals surface area contributed by atoms with Crippen LogP contribution in [0.25, 0.3) is 0 Å². The molecule has 2 N–H and O–H groups in total. The Morgan fingerprint density at radius 3 is 2.63 bits per heavy atom. The van der Waals surface area contributed by atoms with Gasteiger partial charge in [0.15, 0.2) is 4.34 Å². The van der Waals surface area contributed by atoms with E-state index in [1.54, 1.807) is 0 Å². The molecule has 6 nitrogen and oxygen atoms in total. The van der Waals surface area contributed by atoms with Crippen molar-refractivity contribution in [2.75, 3.05) is 17.6 Å². The molecule has 0 unspecified atom stereocenters. The summed E-state index contributed by atoms with van der Waals surface area (Å²) in [7, 11) is 0. The van der Waals surface area contributed by atoms with E-state index >= 15 is 0 Å². The van der Waals surface area contributed by atoms with E-state index in [9.17, 15) is 18.0 Å². The third kappa shape index (κ3) is 8.48. The summed E-state index contributed by atoms with van der Waals surface area (Å²) >= 11 is 2.53. The van der Waals surface area contributed by atoms with Crippen LogP contribution in [0.15, 0.2) is 28.6 Å². The molecule has 2 rings (SSSR count). The molecule has 1 aromatic heterocycles. The monoisotopic (exact) mass is 420 g/mol. The Bertz CT molecular complexity index is 723. The summed E-state index contributed by atoms with van der Waals surface area (Å²) in [5.74, 6) is -0.0999. The van der Waals surface area contributed by atoms with Crippen LogP contribution >= 0.6 is 23.1 Å². The van der Waals surface area contributed by atoms with Gasteiger partial charge in [-0.25, -0.2) is 0 Å². The average molecular weight is 420 g/mol. The number of benzene rings is 1. The number of amides is 1. The lowest BCUT2D eigenvalue weighted by Crippen LogP contribution is -2.26. The average Bonchev–Trinajstić information content (AvgIpc) is 3.05. The normalized spacial score (nSPS) is 11.3. The third-order valence-corrected chi connectivity index (χ3v) is 5.15. The summed E-state index contributed by atoms with van der Waals surface area (Å²) in [6, 6.07) is 5.29. The minimum atomic E-state index is -4.72. The Labute approximate surface area is 162 Å². The first-order valence-corrected chi connectivity index (χ1v) is 10.0. The van der Waals surface area contributed by atoms with Gasteiger partial charge in [0.05, 0.1) is 5.75 Å². The number of aromatic nitrogens is 2. The zero-order valence-corrected chi connectivity index (χ0v) is 16.1. The molecule has 148 valence electrons. The smallest absolute Gasteiger partial charge is 0.406 e. The molecule has 0 radical (unpaired) electrons. The highest BCUT2D eigenvalue weighted by atomic mass is 32.2. The standard InChI is InChI=1S/C16H19F3N4O2S2/c1-2-3-4-9-20-13(24)10-26-15-23-22-14(27-15)21-11-5-7-12(8-6-11)25-16(17,18)19/h5-8H,2-4,9-10H2,1H3,(H,20,24)(H,21,22). The van der Waals surface area contributed by atoms with Gasteiger partial charge in [0.25, 0.3) is 0 Å². The number of ether oxygens (including phenoxy) is 1. The number of nitrogens with one attached hydrogen (secondary N) is 2. The van der Waals surface area contributed by atoms with Crippen LogP contribution in [-0.4, -0.2) is 34.8 Å². The fourth-order valence-electron chi connectivity index (χ4n) is 1.96. The summed E-state index contributed by atoms with van der Waals surface area (Å²) in [5, 5.41) is 14.2. The molecule has 0 fully saturated rings. The van der Waals surface area contributed by atoms with Crippen LogP contribution in [0.1, 0.15) is 26.2 Å². The molecule has 1 amide bonds. The van der Waals surface area contributed by atoms with E-state index in [2.05, 4.69) is 32.5 Å². The van der Waals surface area contributed by atoms with Gasteiger partial charge in [0, 0.05) is 12.2 Å². The molecule has 0 aliphatic carbocycles. The lowest BCUT2D eigenvalue weighted by atomic mass is 10.2. The van der Waals surface area contributed by atoms with Crippen LogP contribution in [0, 0.1) is 0 Å². The summed E-state index contributed by atoms with van der Waals surface area (Å²) < 4.78 is 40.9. The van der Waals surface area contributed by atoms with Crippen molar-refractivity contribution < 1.29 is 22.7 Å². The van der Waals surface area contributed by atoms with E-state index < -0.39 is 6.36 Å². The highest BCUT2D eigenvalue weighted by Crippen LogP contribution is 2.29. The fraction of sp³-hybridized carbons (Fsp3) is 0.438. The molecular formula is C16H19F3N4O2S2. The summed E-state index contributed by atoms with van der Waals surface area (Å²) in [6.07, 6.45) is -1.57. The van der Waals surface area contributed by atoms with Gasteiger partial charge in [-0.1, -0.05) is 42.9 Å². The van der Waals surface area contributed by atoms with Gasteiger partial charge in [-0.2, -0.15) is 0 Å². The van der Waals surface area contributed by atoms with E-state index in [1.807, 2.05) is 0 Å². The second-order valence-corrected chi connectivity index (χ2v) is 7.62. The number of alkyl halides is 3. The van der Waals surface area contributed by atoms with Gasteiger partial charge in [0.1, 0.15) is 5.75 Å². The van der Waals surface area contributed by atoms with Crippen LogP contribution in [0.3, 0.4) is 0 Å². The number of carbonyl (C=O) groups excluding carboxylic acids is 1. The van der Waals surface area contributed by atoms with Crippen LogP contribution in [0.4, 0.5) is 24.0 Å². The quantitative estimate of drug-likeness (QED) is 0.433. The van der Waals surface area contributed by atoms with Crippen LogP contribution in [0.2, 0.25) is 0 Å². The summed E-state index contributed by atoms with van der Waals surface area (Å²) in [5.41, 5.74) is 0.547. The maximum absolute atomic E-state index is 12.1. The molecule has 11 heteroatoms. The Balaban J connectivity index is 1.77. The van der Waals surface area contributed by atoms with E-state index in [4.69, 9.17) is 0 Å². The SMILES string of the molecule is CCCCCNC(=O)CSc1nnc(Nc2ccc(OC(F)(F)F)cc2)s1. The minimum absolute atomic E-state index is 0.0546. The van der Waals surface area contributed by atoms with Gasteiger partial charge in [-0.15, -0.1) is 23.4 Å². The largest absolute Gasteiger partial charge is 0.573 e. The number of hydrogen-bond acceptors (Lipinski definition) is 7. The number of rotatable bonds is 10. The predicted molar refractivity (Wildman–Crippen MR) is 99.6 cm³/mol. The number of unbranched alkanes of at least 4 members (excludes halogenated alkanes) is 2. The molecule has 27 heavy (non-hydrogen) atoms. The second-order valence-electron chi connectivity index (χ2n) is 5.42. The minimum Gasteiger partial charge on any atom is -0.406 e. The molecule has 0 bridgehead atoms. The fourth-order valence-corrected chi connectivity index (χ4v) is 3.57. The first-order valence-electron chi connectivity index (χ1n) is 8.21. The Morgan fingerprint density at radius 1 is 1.22 bits per heavy atom. The second kappa shape index (κ2) is 10.4. The lowest BCUT2D eigenvalue weighted by molar-refractivity contribution is -0.274. The van der Waals surface area contributed by atoms with Crippen molar-refractivity contribution in [2.45, 2.75) is 36.9 Å². The molecule has 0 aliphatic heterocycles. The predicted octanol–water partition coefficient (Wildman–Crippen LogP) is 4.58. The first-order chi connectivity index (χ1) is 12.9. The maximum Gasteiger partial charge on any atom is 0.573 e. The topological polar surface area (TPSA) is 76.1 Å². The molecule has 0 spiro atoms. The summed E-state index contributed by atoms with van der Waals surface area (Å²) in [4.78, 5) is 11.7. The molecule has 0 aliphatic rings. The summed E-state index contributed by atoms with van der Waals surface area (Å²) in [6.45, 7) is 2.77. The zero-order valence-electron chi connectivity index (χ0n) is 14.5. The van der Waals surface area contributed by atoms with Gasteiger partial charge in [-0.3, -0.25) is 4.79 Å². The molecule has 0 saturated carbocycles. The molecule has 0 saturated heterocycles. The van der Waals surface area contributed by atoms with Crippen molar-refractivity contribution in [1.82, 2.24) is 15.5 Å². The molecule has 1 heterocycles. The van der Waals surface area contributed by atoms with E-state index in [1.165, 1.54) is 47.4 Å². The maximum atomic E-state index is 12.1. The van der Waals surface area contributed by atoms with Crippen LogP contribution in [-0.2, 0) is 4.79 Å². The van der Waals surface area contributed by atoms with Gasteiger partial charge < -0.3 is 15.4 Å². The highest BCUT2D eigenvalue weighted by Gasteiger charge is 2.30. The van der Waals surface area contributed by atoms with Gasteiger partial charge in [-0.05, 0) is 30.7 Å². The van der Waals surface area contributed by atoms with Gasteiger partial charge in [0.2, 0.25) is 11.0 Å². The van der Waals surface area contributed by atoms with E-state index in [0.717, 1.165) is 19.3 Å². The zero-order chi connectivity index (χ0) is 19.7. The van der Waals surface area contributed by atoms with Crippen molar-refractivity contribution in [2.24, 2.45) is 0 Å². The lowest BCUT2D eigenvalue weighted by Gasteiger charge is -2.09. The molecule has 0 atom stereocenters. The third-order valence-electron chi connectivity index (χ3n) is 3.17. The van der Waals surface area contributed by atoms with Crippen molar-refractivity contribution >= 4 is 39.8 Å². The highest BCUT2D eigenvalue weighted by molar-refractivity contribution is 8.01.